The highest BCUT2D eigenvalue weighted by molar-refractivity contribution is 5.97. The van der Waals surface area contributed by atoms with E-state index in [0.717, 1.165) is 12.8 Å². The summed E-state index contributed by atoms with van der Waals surface area (Å²) in [4.78, 5) is 11.6. The minimum Gasteiger partial charge on any atom is -0.390 e. The number of allylic oxidation sites excluding steroid dienone is 1. The average molecular weight is 182 g/mol. The third-order valence-corrected chi connectivity index (χ3v) is 2.96. The normalized spacial score (nSPS) is 42.3. The first kappa shape index (κ1) is 8.91. The predicted octanol–water partition coefficient (Wildman–Crippen LogP) is 0.670. The number of hydrogen-bond donors (Lipinski definition) is 1. The SMILES string of the molecule is C=C(C)C(=O)C1C2CCC(O2)C1O. The molecular formula is C10H14O3. The molecule has 2 heterocycles. The molecule has 0 aromatic heterocycles. The molecule has 0 aliphatic carbocycles. The van der Waals surface area contributed by atoms with E-state index in [1.165, 1.54) is 0 Å². The van der Waals surface area contributed by atoms with Gasteiger partial charge in [-0.15, -0.1) is 0 Å². The lowest BCUT2D eigenvalue weighted by Gasteiger charge is -2.22. The molecule has 0 amide bonds. The lowest BCUT2D eigenvalue weighted by molar-refractivity contribution is -0.123. The van der Waals surface area contributed by atoms with Gasteiger partial charge in [-0.2, -0.15) is 0 Å². The van der Waals surface area contributed by atoms with Crippen molar-refractivity contribution in [2.75, 3.05) is 0 Å². The molecule has 2 rings (SSSR count). The second-order valence-electron chi connectivity index (χ2n) is 3.95. The van der Waals surface area contributed by atoms with Crippen molar-refractivity contribution in [1.82, 2.24) is 0 Å². The fraction of sp³-hybridized carbons (Fsp3) is 0.700. The number of rotatable bonds is 2. The van der Waals surface area contributed by atoms with Gasteiger partial charge in [0.05, 0.1) is 24.2 Å². The van der Waals surface area contributed by atoms with E-state index in [2.05, 4.69) is 6.58 Å². The number of Topliss-reactive ketones (excluding diaryl/α,β-unsaturated/α-hetero) is 1. The zero-order valence-corrected chi connectivity index (χ0v) is 7.69. The summed E-state index contributed by atoms with van der Waals surface area (Å²) in [6.45, 7) is 5.28. The van der Waals surface area contributed by atoms with Crippen LogP contribution in [0.4, 0.5) is 0 Å². The van der Waals surface area contributed by atoms with Crippen LogP contribution in [0.2, 0.25) is 0 Å². The van der Waals surface area contributed by atoms with Gasteiger partial charge in [0.2, 0.25) is 0 Å². The summed E-state index contributed by atoms with van der Waals surface area (Å²) >= 11 is 0. The highest BCUT2D eigenvalue weighted by Crippen LogP contribution is 2.40. The molecule has 2 aliphatic heterocycles. The highest BCUT2D eigenvalue weighted by Gasteiger charge is 2.51. The molecule has 13 heavy (non-hydrogen) atoms. The number of carbonyl (C=O) groups excluding carboxylic acids is 1. The van der Waals surface area contributed by atoms with Crippen LogP contribution in [0.25, 0.3) is 0 Å². The number of fused-ring (bicyclic) bond motifs is 2. The van der Waals surface area contributed by atoms with Crippen LogP contribution in [-0.2, 0) is 9.53 Å². The Morgan fingerprint density at radius 1 is 1.46 bits per heavy atom. The Labute approximate surface area is 77.4 Å². The minimum absolute atomic E-state index is 0.0419. The Hall–Kier alpha value is -0.670. The van der Waals surface area contributed by atoms with Gasteiger partial charge in [-0.3, -0.25) is 4.79 Å². The van der Waals surface area contributed by atoms with Gasteiger partial charge in [-0.1, -0.05) is 6.58 Å². The van der Waals surface area contributed by atoms with Crippen molar-refractivity contribution in [3.05, 3.63) is 12.2 Å². The summed E-state index contributed by atoms with van der Waals surface area (Å²) in [5.41, 5.74) is 0.514. The van der Waals surface area contributed by atoms with Gasteiger partial charge >= 0.3 is 0 Å². The van der Waals surface area contributed by atoms with Gasteiger partial charge in [-0.25, -0.2) is 0 Å². The van der Waals surface area contributed by atoms with Crippen molar-refractivity contribution >= 4 is 5.78 Å². The Balaban J connectivity index is 2.16. The maximum Gasteiger partial charge on any atom is 0.166 e. The zero-order chi connectivity index (χ0) is 9.59. The number of hydrogen-bond acceptors (Lipinski definition) is 3. The number of ketones is 1. The van der Waals surface area contributed by atoms with Crippen molar-refractivity contribution in [3.8, 4) is 0 Å². The largest absolute Gasteiger partial charge is 0.390 e. The molecular weight excluding hydrogens is 168 g/mol. The van der Waals surface area contributed by atoms with E-state index < -0.39 is 6.10 Å². The monoisotopic (exact) mass is 182 g/mol. The smallest absolute Gasteiger partial charge is 0.166 e. The molecule has 3 nitrogen and oxygen atoms in total. The van der Waals surface area contributed by atoms with Gasteiger partial charge in [0.1, 0.15) is 0 Å². The Bertz CT molecular complexity index is 257. The molecule has 2 bridgehead atoms. The van der Waals surface area contributed by atoms with Crippen LogP contribution in [-0.4, -0.2) is 29.2 Å². The maximum absolute atomic E-state index is 11.6. The van der Waals surface area contributed by atoms with Gasteiger partial charge in [0.15, 0.2) is 5.78 Å². The molecule has 2 fully saturated rings. The fourth-order valence-corrected chi connectivity index (χ4v) is 2.26. The maximum atomic E-state index is 11.6. The van der Waals surface area contributed by atoms with Crippen molar-refractivity contribution in [2.45, 2.75) is 38.1 Å². The average Bonchev–Trinajstić information content (AvgIpc) is 2.62. The molecule has 3 heteroatoms. The molecule has 1 N–H and O–H groups in total. The quantitative estimate of drug-likeness (QED) is 0.638. The second-order valence-corrected chi connectivity index (χ2v) is 3.95. The third kappa shape index (κ3) is 1.23. The second kappa shape index (κ2) is 2.93. The molecule has 0 aromatic rings. The van der Waals surface area contributed by atoms with Gasteiger partial charge < -0.3 is 9.84 Å². The number of aliphatic hydroxyl groups excluding tert-OH is 1. The van der Waals surface area contributed by atoms with E-state index in [1.807, 2.05) is 0 Å². The summed E-state index contributed by atoms with van der Waals surface area (Å²) in [6, 6.07) is 0. The van der Waals surface area contributed by atoms with Crippen LogP contribution in [0.3, 0.4) is 0 Å². The Morgan fingerprint density at radius 3 is 2.54 bits per heavy atom. The molecule has 72 valence electrons. The molecule has 0 saturated carbocycles. The van der Waals surface area contributed by atoms with Crippen LogP contribution >= 0.6 is 0 Å². The molecule has 4 atom stereocenters. The van der Waals surface area contributed by atoms with Gasteiger partial charge in [-0.05, 0) is 25.3 Å². The van der Waals surface area contributed by atoms with Crippen molar-refractivity contribution in [1.29, 1.82) is 0 Å². The highest BCUT2D eigenvalue weighted by atomic mass is 16.5. The molecule has 0 spiro atoms. The van der Waals surface area contributed by atoms with Crippen LogP contribution < -0.4 is 0 Å². The van der Waals surface area contributed by atoms with E-state index in [0.29, 0.717) is 5.57 Å². The lowest BCUT2D eigenvalue weighted by Crippen LogP contribution is -2.37. The Kier molecular flexibility index (Phi) is 2.00. The number of aliphatic hydroxyl groups is 1. The van der Waals surface area contributed by atoms with E-state index >= 15 is 0 Å². The fourth-order valence-electron chi connectivity index (χ4n) is 2.26. The van der Waals surface area contributed by atoms with Crippen molar-refractivity contribution in [2.24, 2.45) is 5.92 Å². The van der Waals surface area contributed by atoms with E-state index in [-0.39, 0.29) is 23.9 Å². The summed E-state index contributed by atoms with van der Waals surface area (Å²) in [5.74, 6) is -0.393. The number of carbonyl (C=O) groups is 1. The first-order chi connectivity index (χ1) is 6.11. The van der Waals surface area contributed by atoms with Crippen molar-refractivity contribution in [3.63, 3.8) is 0 Å². The van der Waals surface area contributed by atoms with Crippen LogP contribution in [0, 0.1) is 5.92 Å². The summed E-state index contributed by atoms with van der Waals surface area (Å²) < 4.78 is 5.46. The standard InChI is InChI=1S/C10H14O3/c1-5(2)9(11)8-6-3-4-7(13-6)10(8)12/h6-8,10,12H,1,3-4H2,2H3. The first-order valence-electron chi connectivity index (χ1n) is 4.64. The minimum atomic E-state index is -0.608. The first-order valence-corrected chi connectivity index (χ1v) is 4.64. The van der Waals surface area contributed by atoms with Crippen LogP contribution in [0.1, 0.15) is 19.8 Å². The molecule has 0 radical (unpaired) electrons. The summed E-state index contributed by atoms with van der Waals surface area (Å²) in [7, 11) is 0. The lowest BCUT2D eigenvalue weighted by atomic mass is 9.82. The number of ether oxygens (including phenoxy) is 1. The molecule has 0 aromatic carbocycles. The van der Waals surface area contributed by atoms with Gasteiger partial charge in [0, 0.05) is 0 Å². The van der Waals surface area contributed by atoms with Crippen molar-refractivity contribution < 1.29 is 14.6 Å². The van der Waals surface area contributed by atoms with Crippen LogP contribution in [0.15, 0.2) is 12.2 Å². The van der Waals surface area contributed by atoms with E-state index in [4.69, 9.17) is 4.74 Å². The third-order valence-electron chi connectivity index (χ3n) is 2.96. The zero-order valence-electron chi connectivity index (χ0n) is 7.69. The Morgan fingerprint density at radius 2 is 2.08 bits per heavy atom. The van der Waals surface area contributed by atoms with E-state index in [9.17, 15) is 9.90 Å². The van der Waals surface area contributed by atoms with Crippen LogP contribution in [0.5, 0.6) is 0 Å². The van der Waals surface area contributed by atoms with Gasteiger partial charge in [0.25, 0.3) is 0 Å². The molecule has 2 aliphatic rings. The predicted molar refractivity (Wildman–Crippen MR) is 47.2 cm³/mol. The topological polar surface area (TPSA) is 46.5 Å². The van der Waals surface area contributed by atoms with E-state index in [1.54, 1.807) is 6.92 Å². The molecule has 4 unspecified atom stereocenters. The summed E-state index contributed by atoms with van der Waals surface area (Å²) in [6.07, 6.45) is 0.988. The molecule has 2 saturated heterocycles. The summed E-state index contributed by atoms with van der Waals surface area (Å²) in [5, 5.41) is 9.71.